The first-order valence-electron chi connectivity index (χ1n) is 9.11. The molecule has 9 heteroatoms. The molecule has 4 aromatic rings. The van der Waals surface area contributed by atoms with E-state index in [9.17, 15) is 20.2 Å². The van der Waals surface area contributed by atoms with Gasteiger partial charge in [-0.05, 0) is 23.3 Å². The summed E-state index contributed by atoms with van der Waals surface area (Å²) in [5, 5.41) is 22.4. The Hall–Kier alpha value is -4.24. The average Bonchev–Trinajstić information content (AvgIpc) is 3.23. The van der Waals surface area contributed by atoms with E-state index < -0.39 is 9.85 Å². The highest BCUT2D eigenvalue weighted by molar-refractivity contribution is 7.19. The van der Waals surface area contributed by atoms with Crippen molar-refractivity contribution in [2.75, 3.05) is 0 Å². The summed E-state index contributed by atoms with van der Waals surface area (Å²) in [5.74, 6) is 0. The van der Waals surface area contributed by atoms with Crippen LogP contribution in [0.1, 0.15) is 5.56 Å². The van der Waals surface area contributed by atoms with Crippen molar-refractivity contribution in [3.8, 4) is 21.7 Å². The molecule has 0 N–H and O–H groups in total. The zero-order valence-electron chi connectivity index (χ0n) is 15.9. The Labute approximate surface area is 180 Å². The first kappa shape index (κ1) is 20.0. The number of aromatic nitrogens is 1. The number of nitrogens with zero attached hydrogens (tertiary/aromatic N) is 4. The first-order chi connectivity index (χ1) is 15.0. The van der Waals surface area contributed by atoms with Crippen LogP contribution in [-0.4, -0.2) is 21.0 Å². The number of non-ortho nitro benzene ring substituents is 2. The van der Waals surface area contributed by atoms with Crippen LogP contribution in [-0.2, 0) is 0 Å². The summed E-state index contributed by atoms with van der Waals surface area (Å²) in [6, 6.07) is 22.0. The van der Waals surface area contributed by atoms with Crippen molar-refractivity contribution in [2.45, 2.75) is 0 Å². The second kappa shape index (κ2) is 8.64. The molecule has 8 nitrogen and oxygen atoms in total. The van der Waals surface area contributed by atoms with Gasteiger partial charge >= 0.3 is 0 Å². The van der Waals surface area contributed by atoms with Crippen molar-refractivity contribution in [3.63, 3.8) is 0 Å². The van der Waals surface area contributed by atoms with Gasteiger partial charge in [-0.25, -0.2) is 9.98 Å². The maximum absolute atomic E-state index is 11.0. The Kier molecular flexibility index (Phi) is 5.59. The molecule has 3 aromatic carbocycles. The standard InChI is InChI=1S/C22H14N4O4S/c27-25(28)18-11-9-17(10-12-18)21-20(16-6-2-1-3-7-16)24-22(31-21)23-14-15-5-4-8-19(13-15)26(29)30/h1-14H. The molecule has 31 heavy (non-hydrogen) atoms. The van der Waals surface area contributed by atoms with Crippen molar-refractivity contribution in [3.05, 3.63) is 105 Å². The fraction of sp³-hybridized carbons (Fsp3) is 0. The molecule has 0 bridgehead atoms. The normalized spacial score (nSPS) is 11.0. The summed E-state index contributed by atoms with van der Waals surface area (Å²) >= 11 is 1.34. The summed E-state index contributed by atoms with van der Waals surface area (Å²) in [4.78, 5) is 30.9. The van der Waals surface area contributed by atoms with E-state index in [-0.39, 0.29) is 11.4 Å². The number of aliphatic imine (C=N–C) groups is 1. The summed E-state index contributed by atoms with van der Waals surface area (Å²) in [6.45, 7) is 0. The lowest BCUT2D eigenvalue weighted by molar-refractivity contribution is -0.385. The number of benzene rings is 3. The Bertz CT molecular complexity index is 1280. The molecule has 4 rings (SSSR count). The first-order valence-corrected chi connectivity index (χ1v) is 9.92. The molecule has 0 aliphatic rings. The molecule has 0 saturated carbocycles. The molecule has 0 radical (unpaired) electrons. The van der Waals surface area contributed by atoms with E-state index in [1.165, 1.54) is 41.8 Å². The highest BCUT2D eigenvalue weighted by atomic mass is 32.1. The van der Waals surface area contributed by atoms with Gasteiger partial charge in [-0.3, -0.25) is 20.2 Å². The maximum Gasteiger partial charge on any atom is 0.270 e. The number of thiazole rings is 1. The van der Waals surface area contributed by atoms with Crippen molar-refractivity contribution in [2.24, 2.45) is 4.99 Å². The second-order valence-electron chi connectivity index (χ2n) is 6.45. The molecule has 0 amide bonds. The lowest BCUT2D eigenvalue weighted by Gasteiger charge is -2.02. The average molecular weight is 430 g/mol. The lowest BCUT2D eigenvalue weighted by atomic mass is 10.1. The van der Waals surface area contributed by atoms with E-state index in [1.54, 1.807) is 24.3 Å². The van der Waals surface area contributed by atoms with Gasteiger partial charge in [0.2, 0.25) is 5.13 Å². The van der Waals surface area contributed by atoms with Crippen LogP contribution in [0, 0.1) is 20.2 Å². The van der Waals surface area contributed by atoms with Crippen LogP contribution >= 0.6 is 11.3 Å². The highest BCUT2D eigenvalue weighted by Crippen LogP contribution is 2.40. The smallest absolute Gasteiger partial charge is 0.258 e. The Morgan fingerprint density at radius 1 is 0.806 bits per heavy atom. The molecule has 1 heterocycles. The van der Waals surface area contributed by atoms with Gasteiger partial charge in [0.1, 0.15) is 0 Å². The third-order valence-electron chi connectivity index (χ3n) is 4.41. The third-order valence-corrected chi connectivity index (χ3v) is 5.42. The summed E-state index contributed by atoms with van der Waals surface area (Å²) in [6.07, 6.45) is 1.53. The van der Waals surface area contributed by atoms with E-state index in [0.29, 0.717) is 16.4 Å². The minimum absolute atomic E-state index is 0.0124. The van der Waals surface area contributed by atoms with Crippen LogP contribution in [0.3, 0.4) is 0 Å². The number of hydrogen-bond acceptors (Lipinski definition) is 7. The van der Waals surface area contributed by atoms with Gasteiger partial charge in [0.05, 0.1) is 20.4 Å². The van der Waals surface area contributed by atoms with Crippen molar-refractivity contribution < 1.29 is 9.85 Å². The SMILES string of the molecule is O=[N+]([O-])c1ccc(-c2sc(N=Cc3cccc([N+](=O)[O-])c3)nc2-c2ccccc2)cc1. The topological polar surface area (TPSA) is 112 Å². The van der Waals surface area contributed by atoms with Crippen molar-refractivity contribution >= 4 is 34.1 Å². The number of rotatable bonds is 6. The minimum atomic E-state index is -0.457. The molecular formula is C22H14N4O4S. The molecule has 0 aliphatic carbocycles. The molecule has 152 valence electrons. The molecular weight excluding hydrogens is 416 g/mol. The molecule has 0 fully saturated rings. The van der Waals surface area contributed by atoms with Crippen LogP contribution in [0.15, 0.2) is 83.9 Å². The third kappa shape index (κ3) is 4.51. The van der Waals surface area contributed by atoms with E-state index in [4.69, 9.17) is 0 Å². The highest BCUT2D eigenvalue weighted by Gasteiger charge is 2.16. The van der Waals surface area contributed by atoms with Crippen LogP contribution in [0.2, 0.25) is 0 Å². The van der Waals surface area contributed by atoms with Crippen LogP contribution in [0.5, 0.6) is 0 Å². The molecule has 0 aliphatic heterocycles. The summed E-state index contributed by atoms with van der Waals surface area (Å²) < 4.78 is 0. The van der Waals surface area contributed by atoms with E-state index in [1.807, 2.05) is 30.3 Å². The largest absolute Gasteiger partial charge is 0.270 e. The van der Waals surface area contributed by atoms with Gasteiger partial charge in [0, 0.05) is 36.0 Å². The van der Waals surface area contributed by atoms with E-state index in [0.717, 1.165) is 16.0 Å². The Morgan fingerprint density at radius 2 is 1.52 bits per heavy atom. The van der Waals surface area contributed by atoms with Crippen molar-refractivity contribution in [1.82, 2.24) is 4.98 Å². The van der Waals surface area contributed by atoms with Gasteiger partial charge in [-0.1, -0.05) is 53.8 Å². The molecule has 1 aromatic heterocycles. The van der Waals surface area contributed by atoms with Crippen LogP contribution in [0.25, 0.3) is 21.7 Å². The fourth-order valence-corrected chi connectivity index (χ4v) is 3.87. The van der Waals surface area contributed by atoms with Crippen LogP contribution < -0.4 is 0 Å². The minimum Gasteiger partial charge on any atom is -0.258 e. The number of hydrogen-bond donors (Lipinski definition) is 0. The van der Waals surface area contributed by atoms with Crippen molar-refractivity contribution in [1.29, 1.82) is 0 Å². The Balaban J connectivity index is 1.74. The van der Waals surface area contributed by atoms with Gasteiger partial charge < -0.3 is 0 Å². The zero-order valence-corrected chi connectivity index (χ0v) is 16.7. The second-order valence-corrected chi connectivity index (χ2v) is 7.43. The van der Waals surface area contributed by atoms with Gasteiger partial charge in [-0.2, -0.15) is 0 Å². The Morgan fingerprint density at radius 3 is 2.19 bits per heavy atom. The van der Waals surface area contributed by atoms with Gasteiger partial charge in [0.15, 0.2) is 0 Å². The predicted octanol–water partition coefficient (Wildman–Crippen LogP) is 6.04. The van der Waals surface area contributed by atoms with Gasteiger partial charge in [-0.15, -0.1) is 0 Å². The molecule has 0 atom stereocenters. The molecule has 0 unspecified atom stereocenters. The molecule has 0 saturated heterocycles. The summed E-state index contributed by atoms with van der Waals surface area (Å²) in [5.41, 5.74) is 2.98. The summed E-state index contributed by atoms with van der Waals surface area (Å²) in [7, 11) is 0. The quantitative estimate of drug-likeness (QED) is 0.210. The van der Waals surface area contributed by atoms with Gasteiger partial charge in [0.25, 0.3) is 11.4 Å². The number of nitro benzene ring substituents is 2. The van der Waals surface area contributed by atoms with E-state index in [2.05, 4.69) is 9.98 Å². The lowest BCUT2D eigenvalue weighted by Crippen LogP contribution is -1.89. The van der Waals surface area contributed by atoms with E-state index >= 15 is 0 Å². The van der Waals surface area contributed by atoms with Crippen LogP contribution in [0.4, 0.5) is 16.5 Å². The predicted molar refractivity (Wildman–Crippen MR) is 120 cm³/mol. The molecule has 0 spiro atoms. The maximum atomic E-state index is 11.0. The number of nitro groups is 2. The fourth-order valence-electron chi connectivity index (χ4n) is 2.93. The monoisotopic (exact) mass is 430 g/mol. The zero-order chi connectivity index (χ0) is 21.8.